The normalized spacial score (nSPS) is 16.7. The zero-order valence-corrected chi connectivity index (χ0v) is 64.0. The zero-order chi connectivity index (χ0) is 77.4. The van der Waals surface area contributed by atoms with Crippen molar-refractivity contribution in [2.75, 3.05) is 69.8 Å². The molecule has 0 saturated carbocycles. The number of carbonyl (C=O) groups is 9. The standard InChI is InChI=1S/C75H126N11O19P/c1-3-5-7-9-11-13-15-17-19-21-23-25-27-29-34-43-64(90)102-54-57(105-65(91)44-35-30-28-26-24-22-20-18-16-14-12-10-8-6-4-2)55-104-106(99,100)103-50-48-81-75(98)101-49-47-79-67-66(68(92)69(67)93)78-45-37-36-41-59-71(95)84-58(42-38-46-80-74(76)77)70(94)82-53-62(87)83-61(52-63(88)89)73(97)86-60(72(96)85-59)51-56-39-32-31-33-40-56/h31-33,39-40,57-61,78-79H,3-30,34-38,41-55H2,1-2H3,(H,81,98)(H,82,94)(H,83,87)(H,84,95)(H,85,96)(H,86,97)(H,88,89)(H,99,100)(H4,76,77,80)/t57?,58-,59-,60+,61-/m0/s1. The van der Waals surface area contributed by atoms with E-state index in [1.54, 1.807) is 30.3 Å². The first-order chi connectivity index (χ1) is 51.1. The molecule has 600 valence electrons. The SMILES string of the molecule is CCCCCCCCCCCCCCCCCC(=O)OCC(COP(=O)(O)OCCNC(=O)OCCNc1c(NCCCC[C@@H]2NC(=O)[C@@H](Cc3ccccc3)NC(=O)[C@H](CC(=O)O)NC(=O)CNC(=O)[C@H](CCCNC(=N)N)NC2=O)c(=O)c1=O)OC(=O)CCCCCCCCCCCCCCCCC. The Bertz CT molecular complexity index is 3010. The van der Waals surface area contributed by atoms with Crippen LogP contribution in [-0.4, -0.2) is 159 Å². The molecule has 2 unspecified atom stereocenters. The van der Waals surface area contributed by atoms with Crippen LogP contribution in [0.3, 0.4) is 0 Å². The fraction of sp³-hybridized carbons (Fsp3) is 0.733. The van der Waals surface area contributed by atoms with Crippen molar-refractivity contribution >= 4 is 78.7 Å². The van der Waals surface area contributed by atoms with E-state index >= 15 is 0 Å². The number of alkyl carbamates (subject to hydrolysis) is 1. The number of phosphoric acid groups is 1. The molecule has 1 heterocycles. The highest BCUT2D eigenvalue weighted by atomic mass is 31.2. The molecule has 0 spiro atoms. The molecule has 6 amide bonds. The van der Waals surface area contributed by atoms with Crippen LogP contribution >= 0.6 is 7.82 Å². The molecule has 0 bridgehead atoms. The molecular formula is C75H126N11O19P. The largest absolute Gasteiger partial charge is 0.481 e. The number of rotatable bonds is 60. The van der Waals surface area contributed by atoms with Gasteiger partial charge in [0.1, 0.15) is 48.8 Å². The summed E-state index contributed by atoms with van der Waals surface area (Å²) >= 11 is 0. The highest BCUT2D eigenvalue weighted by Gasteiger charge is 2.34. The molecule has 1 aliphatic rings. The van der Waals surface area contributed by atoms with E-state index in [0.29, 0.717) is 18.4 Å². The summed E-state index contributed by atoms with van der Waals surface area (Å²) in [5.41, 5.74) is 4.17. The van der Waals surface area contributed by atoms with Crippen molar-refractivity contribution in [2.24, 2.45) is 5.73 Å². The third-order valence-electron chi connectivity index (χ3n) is 18.1. The second-order valence-electron chi connectivity index (χ2n) is 27.4. The van der Waals surface area contributed by atoms with Crippen LogP contribution in [0.15, 0.2) is 39.9 Å². The molecule has 1 aliphatic heterocycles. The Kier molecular flexibility index (Phi) is 50.2. The number of nitrogens with one attached hydrogen (secondary N) is 10. The highest BCUT2D eigenvalue weighted by molar-refractivity contribution is 7.47. The van der Waals surface area contributed by atoms with Gasteiger partial charge in [0.15, 0.2) is 12.1 Å². The number of nitrogens with two attached hydrogens (primary N) is 1. The lowest BCUT2D eigenvalue weighted by Gasteiger charge is -2.26. The first-order valence-corrected chi connectivity index (χ1v) is 40.6. The number of unbranched alkanes of at least 4 members (excludes halogenated alkanes) is 29. The third kappa shape index (κ3) is 44.4. The summed E-state index contributed by atoms with van der Waals surface area (Å²) in [5, 5.41) is 40.2. The van der Waals surface area contributed by atoms with E-state index in [1.165, 1.54) is 135 Å². The molecular weight excluding hydrogens is 1390 g/mol. The predicted octanol–water partition coefficient (Wildman–Crippen LogP) is 9.16. The van der Waals surface area contributed by atoms with Gasteiger partial charge in [-0.25, -0.2) is 9.36 Å². The Morgan fingerprint density at radius 3 is 1.52 bits per heavy atom. The summed E-state index contributed by atoms with van der Waals surface area (Å²) in [5.74, 6) is -7.28. The maximum atomic E-state index is 14.2. The topological polar surface area (TPSA) is 450 Å². The second-order valence-corrected chi connectivity index (χ2v) is 28.9. The molecule has 0 aliphatic carbocycles. The fourth-order valence-corrected chi connectivity index (χ4v) is 12.8. The summed E-state index contributed by atoms with van der Waals surface area (Å²) in [6.45, 7) is 1.66. The first-order valence-electron chi connectivity index (χ1n) is 39.1. The van der Waals surface area contributed by atoms with Crippen LogP contribution in [-0.2, 0) is 72.6 Å². The van der Waals surface area contributed by atoms with E-state index in [1.807, 2.05) is 0 Å². The summed E-state index contributed by atoms with van der Waals surface area (Å²) in [6.07, 6.45) is 32.9. The third-order valence-corrected chi connectivity index (χ3v) is 19.1. The molecule has 1 fully saturated rings. The lowest BCUT2D eigenvalue weighted by atomic mass is 10.0. The number of guanidine groups is 1. The molecule has 2 aromatic carbocycles. The van der Waals surface area contributed by atoms with Gasteiger partial charge in [0.25, 0.3) is 10.9 Å². The maximum absolute atomic E-state index is 14.2. The lowest BCUT2D eigenvalue weighted by molar-refractivity contribution is -0.161. The van der Waals surface area contributed by atoms with E-state index in [0.717, 1.165) is 44.9 Å². The number of amides is 6. The summed E-state index contributed by atoms with van der Waals surface area (Å²) < 4.78 is 39.4. The van der Waals surface area contributed by atoms with Gasteiger partial charge in [0.05, 0.1) is 26.2 Å². The fourth-order valence-electron chi connectivity index (χ4n) is 12.1. The predicted molar refractivity (Wildman–Crippen MR) is 405 cm³/mol. The quantitative estimate of drug-likeness (QED) is 0.00558. The number of benzene rings is 1. The number of ether oxygens (including phenoxy) is 3. The van der Waals surface area contributed by atoms with Crippen LogP contribution in [0.1, 0.15) is 263 Å². The molecule has 1 saturated heterocycles. The van der Waals surface area contributed by atoms with Gasteiger partial charge in [-0.1, -0.05) is 224 Å². The smallest absolute Gasteiger partial charge is 0.472 e. The molecule has 6 atom stereocenters. The molecule has 30 nitrogen and oxygen atoms in total. The van der Waals surface area contributed by atoms with Gasteiger partial charge in [-0.05, 0) is 50.5 Å². The Balaban J connectivity index is 1.49. The van der Waals surface area contributed by atoms with Crippen LogP contribution < -0.4 is 64.4 Å². The van der Waals surface area contributed by atoms with Gasteiger partial charge in [-0.15, -0.1) is 0 Å². The van der Waals surface area contributed by atoms with Crippen LogP contribution in [0.4, 0.5) is 16.2 Å². The second kappa shape index (κ2) is 57.5. The Morgan fingerprint density at radius 2 is 0.991 bits per heavy atom. The Labute approximate surface area is 626 Å². The number of carboxylic acids is 1. The van der Waals surface area contributed by atoms with Crippen molar-refractivity contribution in [3.63, 3.8) is 0 Å². The zero-order valence-electron chi connectivity index (χ0n) is 63.1. The van der Waals surface area contributed by atoms with Crippen LogP contribution in [0.2, 0.25) is 0 Å². The minimum atomic E-state index is -4.81. The number of carbonyl (C=O) groups excluding carboxylic acids is 8. The number of phosphoric ester groups is 1. The molecule has 0 aromatic heterocycles. The van der Waals surface area contributed by atoms with Gasteiger partial charge >= 0.3 is 31.8 Å². The summed E-state index contributed by atoms with van der Waals surface area (Å²) in [4.78, 5) is 154. The minimum Gasteiger partial charge on any atom is -0.481 e. The molecule has 2 aromatic rings. The monoisotopic (exact) mass is 1520 g/mol. The molecule has 3 rings (SSSR count). The van der Waals surface area contributed by atoms with Crippen LogP contribution in [0, 0.1) is 5.41 Å². The van der Waals surface area contributed by atoms with Gasteiger partial charge in [-0.2, -0.15) is 0 Å². The van der Waals surface area contributed by atoms with E-state index in [2.05, 4.69) is 61.7 Å². The Hall–Kier alpha value is -7.69. The maximum Gasteiger partial charge on any atom is 0.472 e. The van der Waals surface area contributed by atoms with Gasteiger partial charge in [0.2, 0.25) is 29.5 Å². The van der Waals surface area contributed by atoms with Crippen molar-refractivity contribution in [1.82, 2.24) is 37.2 Å². The van der Waals surface area contributed by atoms with Crippen molar-refractivity contribution in [3.05, 3.63) is 56.3 Å². The van der Waals surface area contributed by atoms with Crippen LogP contribution in [0.25, 0.3) is 0 Å². The van der Waals surface area contributed by atoms with Crippen molar-refractivity contribution in [2.45, 2.75) is 295 Å². The van der Waals surface area contributed by atoms with E-state index < -0.39 is 135 Å². The lowest BCUT2D eigenvalue weighted by Crippen LogP contribution is -2.58. The van der Waals surface area contributed by atoms with Gasteiger partial charge in [-0.3, -0.25) is 62.4 Å². The number of anilines is 2. The minimum absolute atomic E-state index is 0.0319. The van der Waals surface area contributed by atoms with Crippen molar-refractivity contribution in [3.8, 4) is 0 Å². The van der Waals surface area contributed by atoms with Gasteiger partial charge in [0, 0.05) is 45.4 Å². The summed E-state index contributed by atoms with van der Waals surface area (Å²) in [7, 11) is -4.81. The highest BCUT2D eigenvalue weighted by Crippen LogP contribution is 2.43. The van der Waals surface area contributed by atoms with E-state index in [-0.39, 0.29) is 101 Å². The number of carboxylic acid groups (broad SMARTS) is 1. The average Bonchev–Trinajstić information content (AvgIpc) is 0.788. The first kappa shape index (κ1) is 92.5. The van der Waals surface area contributed by atoms with E-state index in [4.69, 9.17) is 34.4 Å². The summed E-state index contributed by atoms with van der Waals surface area (Å²) in [6, 6.07) is 2.76. The number of hydrogen-bond acceptors (Lipinski definition) is 20. The van der Waals surface area contributed by atoms with Gasteiger partial charge < -0.3 is 77.8 Å². The average molecular weight is 1520 g/mol. The molecule has 0 radical (unpaired) electrons. The number of hydrogen-bond donors (Lipinski definition) is 13. The van der Waals surface area contributed by atoms with Crippen molar-refractivity contribution < 1.29 is 81.0 Å². The number of aliphatic carboxylic acids is 1. The van der Waals surface area contributed by atoms with E-state index in [9.17, 15) is 67.3 Å². The molecule has 106 heavy (non-hydrogen) atoms. The Morgan fingerprint density at radius 1 is 0.519 bits per heavy atom. The molecule has 31 heteroatoms. The van der Waals surface area contributed by atoms with Crippen molar-refractivity contribution in [1.29, 1.82) is 5.41 Å². The van der Waals surface area contributed by atoms with Crippen LogP contribution in [0.5, 0.6) is 0 Å². The molecule has 14 N–H and O–H groups in total. The number of esters is 2.